The molecule has 5 aliphatic rings. The smallest absolute Gasteiger partial charge is 0.421 e. The van der Waals surface area contributed by atoms with Gasteiger partial charge in [-0.05, 0) is 134 Å². The van der Waals surface area contributed by atoms with E-state index in [0.29, 0.717) is 29.6 Å². The van der Waals surface area contributed by atoms with Gasteiger partial charge >= 0.3 is 6.09 Å². The standard InChI is InChI=1S/C37H57NO6S/c1-5-28-32-21-26(39)17-19-37(32,4)31-18-20-36(3)29(15-16-30(36)33(31)34(28)40)23(2)22-44-35(41)38-45(42,43)27-13-11-25(12-14-27)24-9-7-6-8-10-24/h11-14,23-24,26,28-34,39-40H,5-10,15-22H2,1-4H3,(H,38,41)/t23-,26-,28-,29-,30+,31+,32+,33+,34-,36-,37-/m1/s1. The molecule has 1 aromatic carbocycles. The van der Waals surface area contributed by atoms with Crippen molar-refractivity contribution in [1.29, 1.82) is 0 Å². The van der Waals surface area contributed by atoms with Crippen LogP contribution in [0, 0.1) is 52.3 Å². The largest absolute Gasteiger partial charge is 0.449 e. The van der Waals surface area contributed by atoms with E-state index in [0.717, 1.165) is 64.2 Å². The molecule has 11 atom stereocenters. The Morgan fingerprint density at radius 2 is 1.60 bits per heavy atom. The predicted octanol–water partition coefficient (Wildman–Crippen LogP) is 7.41. The third-order valence-electron chi connectivity index (χ3n) is 14.1. The van der Waals surface area contributed by atoms with Crippen LogP contribution in [0.4, 0.5) is 4.79 Å². The maximum atomic E-state index is 13.0. The molecule has 0 heterocycles. The van der Waals surface area contributed by atoms with Crippen molar-refractivity contribution in [1.82, 2.24) is 4.72 Å². The lowest BCUT2D eigenvalue weighted by molar-refractivity contribution is -0.203. The monoisotopic (exact) mass is 643 g/mol. The highest BCUT2D eigenvalue weighted by Crippen LogP contribution is 2.69. The van der Waals surface area contributed by atoms with E-state index >= 15 is 0 Å². The molecule has 6 rings (SSSR count). The van der Waals surface area contributed by atoms with E-state index in [-0.39, 0.29) is 52.3 Å². The topological polar surface area (TPSA) is 113 Å². The van der Waals surface area contributed by atoms with E-state index in [4.69, 9.17) is 4.74 Å². The molecule has 45 heavy (non-hydrogen) atoms. The fraction of sp³-hybridized carbons (Fsp3) is 0.811. The van der Waals surface area contributed by atoms with Crippen molar-refractivity contribution in [3.8, 4) is 0 Å². The van der Waals surface area contributed by atoms with Crippen LogP contribution in [0.2, 0.25) is 0 Å². The van der Waals surface area contributed by atoms with E-state index in [2.05, 4.69) is 32.4 Å². The van der Waals surface area contributed by atoms with Crippen LogP contribution in [0.1, 0.15) is 123 Å². The summed E-state index contributed by atoms with van der Waals surface area (Å²) in [6.07, 6.45) is 12.4. The summed E-state index contributed by atoms with van der Waals surface area (Å²) in [6.45, 7) is 9.35. The molecule has 0 radical (unpaired) electrons. The minimum atomic E-state index is -4.02. The number of carbonyl (C=O) groups excluding carboxylic acids is 1. The van der Waals surface area contributed by atoms with Crippen molar-refractivity contribution in [3.63, 3.8) is 0 Å². The number of aliphatic hydroxyl groups excluding tert-OH is 2. The molecule has 7 nitrogen and oxygen atoms in total. The average Bonchev–Trinajstić information content (AvgIpc) is 3.38. The summed E-state index contributed by atoms with van der Waals surface area (Å²) in [7, 11) is -4.02. The minimum Gasteiger partial charge on any atom is -0.449 e. The Morgan fingerprint density at radius 1 is 0.933 bits per heavy atom. The number of nitrogens with one attached hydrogen (secondary N) is 1. The Morgan fingerprint density at radius 3 is 2.29 bits per heavy atom. The molecule has 5 aliphatic carbocycles. The zero-order chi connectivity index (χ0) is 32.1. The fourth-order valence-corrected chi connectivity index (χ4v) is 12.7. The summed E-state index contributed by atoms with van der Waals surface area (Å²) in [5.74, 6) is 2.66. The van der Waals surface area contributed by atoms with Gasteiger partial charge in [0.2, 0.25) is 0 Å². The summed E-state index contributed by atoms with van der Waals surface area (Å²) in [6, 6.07) is 6.96. The van der Waals surface area contributed by atoms with E-state index in [1.165, 1.54) is 24.8 Å². The lowest BCUT2D eigenvalue weighted by Gasteiger charge is -2.64. The first kappa shape index (κ1) is 33.3. The first-order chi connectivity index (χ1) is 21.4. The quantitative estimate of drug-likeness (QED) is 0.285. The van der Waals surface area contributed by atoms with Crippen LogP contribution in [0.5, 0.6) is 0 Å². The third-order valence-corrected chi connectivity index (χ3v) is 15.4. The summed E-state index contributed by atoms with van der Waals surface area (Å²) in [5, 5.41) is 22.5. The molecule has 0 spiro atoms. The van der Waals surface area contributed by atoms with Gasteiger partial charge < -0.3 is 14.9 Å². The molecule has 3 N–H and O–H groups in total. The van der Waals surface area contributed by atoms with Gasteiger partial charge in [0.15, 0.2) is 0 Å². The van der Waals surface area contributed by atoms with E-state index < -0.39 is 16.1 Å². The Hall–Kier alpha value is -1.64. The molecule has 0 aliphatic heterocycles. The zero-order valence-corrected chi connectivity index (χ0v) is 28.7. The second-order valence-corrected chi connectivity index (χ2v) is 17.9. The summed E-state index contributed by atoms with van der Waals surface area (Å²) >= 11 is 0. The SMILES string of the molecule is CC[C@H]1[C@@H](O)[C@@H]2[C@H](CC[C@]3(C)[C@@H]([C@H](C)COC(=O)NS(=O)(=O)c4ccc(C5CCCCC5)cc4)CC[C@@H]23)[C@@]2(C)CC[C@@H](O)C[C@@H]12. The molecule has 0 unspecified atom stereocenters. The maximum absolute atomic E-state index is 13.0. The summed E-state index contributed by atoms with van der Waals surface area (Å²) < 4.78 is 33.7. The molecule has 1 aromatic rings. The van der Waals surface area contributed by atoms with E-state index in [9.17, 15) is 23.4 Å². The lowest BCUT2D eigenvalue weighted by Crippen LogP contribution is -2.62. The molecule has 0 saturated heterocycles. The van der Waals surface area contributed by atoms with Gasteiger partial charge in [0.05, 0.1) is 23.7 Å². The zero-order valence-electron chi connectivity index (χ0n) is 27.9. The predicted molar refractivity (Wildman–Crippen MR) is 175 cm³/mol. The minimum absolute atomic E-state index is 0.0449. The Labute approximate surface area is 271 Å². The Balaban J connectivity index is 1.08. The van der Waals surface area contributed by atoms with Crippen LogP contribution < -0.4 is 4.72 Å². The first-order valence-electron chi connectivity index (χ1n) is 18.0. The van der Waals surface area contributed by atoms with Gasteiger partial charge in [-0.3, -0.25) is 0 Å². The highest BCUT2D eigenvalue weighted by atomic mass is 32.2. The number of hydrogen-bond acceptors (Lipinski definition) is 6. The van der Waals surface area contributed by atoms with Crippen LogP contribution in [-0.2, 0) is 14.8 Å². The second kappa shape index (κ2) is 12.8. The molecule has 5 fully saturated rings. The van der Waals surface area contributed by atoms with Crippen LogP contribution in [0.25, 0.3) is 0 Å². The highest BCUT2D eigenvalue weighted by Gasteiger charge is 2.65. The van der Waals surface area contributed by atoms with Crippen LogP contribution in [-0.4, -0.2) is 43.5 Å². The molecule has 5 saturated carbocycles. The number of carbonyl (C=O) groups is 1. The van der Waals surface area contributed by atoms with Crippen LogP contribution in [0.3, 0.4) is 0 Å². The number of amides is 1. The molecule has 252 valence electrons. The molecule has 8 heteroatoms. The van der Waals surface area contributed by atoms with Crippen LogP contribution in [0.15, 0.2) is 29.2 Å². The number of benzene rings is 1. The molecular weight excluding hydrogens is 586 g/mol. The number of hydrogen-bond donors (Lipinski definition) is 3. The molecular formula is C37H57NO6S. The molecule has 0 aromatic heterocycles. The van der Waals surface area contributed by atoms with Gasteiger partial charge in [-0.2, -0.15) is 0 Å². The van der Waals surface area contributed by atoms with Crippen molar-refractivity contribution < 1.29 is 28.2 Å². The summed E-state index contributed by atoms with van der Waals surface area (Å²) in [5.41, 5.74) is 1.38. The van der Waals surface area contributed by atoms with Crippen molar-refractivity contribution in [2.75, 3.05) is 6.61 Å². The third kappa shape index (κ3) is 5.99. The first-order valence-corrected chi connectivity index (χ1v) is 19.5. The summed E-state index contributed by atoms with van der Waals surface area (Å²) in [4.78, 5) is 12.8. The average molecular weight is 644 g/mol. The van der Waals surface area contributed by atoms with E-state index in [1.807, 2.05) is 12.1 Å². The Bertz CT molecular complexity index is 1310. The fourth-order valence-electron chi connectivity index (χ4n) is 11.8. The van der Waals surface area contributed by atoms with E-state index in [1.54, 1.807) is 12.1 Å². The van der Waals surface area contributed by atoms with Gasteiger partial charge in [0.1, 0.15) is 0 Å². The number of sulfonamides is 1. The van der Waals surface area contributed by atoms with Gasteiger partial charge in [0.25, 0.3) is 10.0 Å². The lowest BCUT2D eigenvalue weighted by atomic mass is 9.41. The van der Waals surface area contributed by atoms with Crippen molar-refractivity contribution >= 4 is 16.1 Å². The highest BCUT2D eigenvalue weighted by molar-refractivity contribution is 7.90. The Kier molecular flexibility index (Phi) is 9.43. The molecule has 0 bridgehead atoms. The number of rotatable bonds is 7. The number of aliphatic hydroxyl groups is 2. The van der Waals surface area contributed by atoms with Gasteiger partial charge in [0, 0.05) is 0 Å². The van der Waals surface area contributed by atoms with Gasteiger partial charge in [-0.15, -0.1) is 0 Å². The van der Waals surface area contributed by atoms with Crippen molar-refractivity contribution in [2.24, 2.45) is 52.3 Å². The van der Waals surface area contributed by atoms with Gasteiger partial charge in [-0.25, -0.2) is 17.9 Å². The number of ether oxygens (including phenoxy) is 1. The van der Waals surface area contributed by atoms with Crippen molar-refractivity contribution in [2.45, 2.75) is 134 Å². The molecule has 1 amide bonds. The maximum Gasteiger partial charge on any atom is 0.421 e. The van der Waals surface area contributed by atoms with Gasteiger partial charge in [-0.1, -0.05) is 65.5 Å². The number of fused-ring (bicyclic) bond motifs is 5. The van der Waals surface area contributed by atoms with Crippen LogP contribution >= 0.6 is 0 Å². The second-order valence-electron chi connectivity index (χ2n) is 16.2. The van der Waals surface area contributed by atoms with Crippen molar-refractivity contribution in [3.05, 3.63) is 29.8 Å². The normalized spacial score (nSPS) is 40.9.